The summed E-state index contributed by atoms with van der Waals surface area (Å²) in [7, 11) is 0. The normalized spacial score (nSPS) is 12.3. The van der Waals surface area contributed by atoms with Crippen LogP contribution in [0.15, 0.2) is 156 Å². The van der Waals surface area contributed by atoms with Crippen molar-refractivity contribution in [3.8, 4) is 16.8 Å². The SMILES string of the molecule is c1ccc(-n2c3cc(-c4ccc5oc6c7[nH]c8ccccc8c7c7ccccc7c6c5c4)ccc3c3c4ccccc4ccc32)cc1. The fourth-order valence-electron chi connectivity index (χ4n) is 8.05. The molecule has 0 aliphatic heterocycles. The lowest BCUT2D eigenvalue weighted by atomic mass is 9.97. The van der Waals surface area contributed by atoms with Gasteiger partial charge in [0.2, 0.25) is 0 Å². The molecule has 3 nitrogen and oxygen atoms in total. The van der Waals surface area contributed by atoms with Gasteiger partial charge in [-0.1, -0.05) is 109 Å². The van der Waals surface area contributed by atoms with Gasteiger partial charge >= 0.3 is 0 Å². The molecular formula is C44H26N2O. The van der Waals surface area contributed by atoms with Crippen LogP contribution in [0.5, 0.6) is 0 Å². The average Bonchev–Trinajstić information content (AvgIpc) is 3.81. The monoisotopic (exact) mass is 598 g/mol. The van der Waals surface area contributed by atoms with Crippen molar-refractivity contribution in [3.05, 3.63) is 152 Å². The minimum absolute atomic E-state index is 0.894. The van der Waals surface area contributed by atoms with E-state index in [1.165, 1.54) is 59.7 Å². The molecule has 0 radical (unpaired) electrons. The van der Waals surface area contributed by atoms with Crippen molar-refractivity contribution in [2.45, 2.75) is 0 Å². The molecule has 0 aliphatic rings. The zero-order valence-electron chi connectivity index (χ0n) is 25.3. The smallest absolute Gasteiger partial charge is 0.160 e. The molecule has 1 N–H and O–H groups in total. The number of furan rings is 1. The first-order valence-corrected chi connectivity index (χ1v) is 16.1. The summed E-state index contributed by atoms with van der Waals surface area (Å²) in [6.45, 7) is 0. The van der Waals surface area contributed by atoms with Gasteiger partial charge in [-0.15, -0.1) is 0 Å². The van der Waals surface area contributed by atoms with Crippen LogP contribution in [0.2, 0.25) is 0 Å². The number of para-hydroxylation sites is 2. The number of fused-ring (bicyclic) bond motifs is 15. The topological polar surface area (TPSA) is 33.9 Å². The van der Waals surface area contributed by atoms with E-state index in [2.05, 4.69) is 161 Å². The Hall–Kier alpha value is -6.32. The molecule has 11 rings (SSSR count). The van der Waals surface area contributed by atoms with E-state index in [0.29, 0.717) is 0 Å². The van der Waals surface area contributed by atoms with Gasteiger partial charge in [-0.2, -0.15) is 0 Å². The van der Waals surface area contributed by atoms with Gasteiger partial charge in [0.1, 0.15) is 5.58 Å². The quantitative estimate of drug-likeness (QED) is 0.211. The maximum Gasteiger partial charge on any atom is 0.160 e. The number of hydrogen-bond donors (Lipinski definition) is 1. The molecule has 218 valence electrons. The summed E-state index contributed by atoms with van der Waals surface area (Å²) in [5.41, 5.74) is 9.89. The number of rotatable bonds is 2. The Bertz CT molecular complexity index is 3070. The van der Waals surface area contributed by atoms with Crippen molar-refractivity contribution >= 4 is 87.1 Å². The number of nitrogens with one attached hydrogen (secondary N) is 1. The summed E-state index contributed by atoms with van der Waals surface area (Å²) >= 11 is 0. The van der Waals surface area contributed by atoms with Crippen LogP contribution in [-0.2, 0) is 0 Å². The zero-order valence-corrected chi connectivity index (χ0v) is 25.3. The van der Waals surface area contributed by atoms with Crippen molar-refractivity contribution in [2.75, 3.05) is 0 Å². The van der Waals surface area contributed by atoms with Crippen LogP contribution in [0.4, 0.5) is 0 Å². The first kappa shape index (κ1) is 24.9. The summed E-state index contributed by atoms with van der Waals surface area (Å²) < 4.78 is 9.10. The number of hydrogen-bond acceptors (Lipinski definition) is 1. The minimum atomic E-state index is 0.894. The lowest BCUT2D eigenvalue weighted by Gasteiger charge is -2.09. The highest BCUT2D eigenvalue weighted by molar-refractivity contribution is 6.34. The highest BCUT2D eigenvalue weighted by Crippen LogP contribution is 2.44. The van der Waals surface area contributed by atoms with E-state index in [9.17, 15) is 0 Å². The third kappa shape index (κ3) is 3.35. The molecule has 3 heterocycles. The zero-order chi connectivity index (χ0) is 30.6. The summed E-state index contributed by atoms with van der Waals surface area (Å²) in [4.78, 5) is 3.69. The van der Waals surface area contributed by atoms with E-state index < -0.39 is 0 Å². The van der Waals surface area contributed by atoms with Gasteiger partial charge in [-0.25, -0.2) is 0 Å². The molecule has 0 saturated carbocycles. The second-order valence-electron chi connectivity index (χ2n) is 12.6. The number of benzene rings is 8. The Labute approximate surface area is 268 Å². The van der Waals surface area contributed by atoms with Crippen LogP contribution >= 0.6 is 0 Å². The first-order valence-electron chi connectivity index (χ1n) is 16.1. The van der Waals surface area contributed by atoms with E-state index in [0.717, 1.165) is 44.2 Å². The number of aromatic nitrogens is 2. The molecule has 0 amide bonds. The van der Waals surface area contributed by atoms with Gasteiger partial charge in [0, 0.05) is 43.5 Å². The van der Waals surface area contributed by atoms with Gasteiger partial charge < -0.3 is 14.0 Å². The van der Waals surface area contributed by atoms with Gasteiger partial charge in [0.05, 0.1) is 16.6 Å². The summed E-state index contributed by atoms with van der Waals surface area (Å²) in [5, 5.41) is 12.2. The van der Waals surface area contributed by atoms with E-state index in [-0.39, 0.29) is 0 Å². The Kier molecular flexibility index (Phi) is 4.84. The maximum atomic E-state index is 6.69. The molecule has 8 aromatic carbocycles. The fourth-order valence-corrected chi connectivity index (χ4v) is 8.05. The van der Waals surface area contributed by atoms with Crippen LogP contribution in [0.3, 0.4) is 0 Å². The van der Waals surface area contributed by atoms with E-state index in [1.807, 2.05) is 0 Å². The van der Waals surface area contributed by atoms with Crippen molar-refractivity contribution in [3.63, 3.8) is 0 Å². The third-order valence-electron chi connectivity index (χ3n) is 10.1. The van der Waals surface area contributed by atoms with Crippen molar-refractivity contribution < 1.29 is 4.42 Å². The van der Waals surface area contributed by atoms with E-state index in [4.69, 9.17) is 4.42 Å². The molecule has 47 heavy (non-hydrogen) atoms. The molecule has 0 atom stereocenters. The molecule has 3 heteroatoms. The third-order valence-corrected chi connectivity index (χ3v) is 10.1. The number of aromatic amines is 1. The first-order chi connectivity index (χ1) is 23.3. The van der Waals surface area contributed by atoms with Gasteiger partial charge in [0.25, 0.3) is 0 Å². The Morgan fingerprint density at radius 1 is 0.447 bits per heavy atom. The van der Waals surface area contributed by atoms with Crippen LogP contribution in [0, 0.1) is 0 Å². The van der Waals surface area contributed by atoms with Crippen LogP contribution in [-0.4, -0.2) is 9.55 Å². The van der Waals surface area contributed by atoms with Crippen molar-refractivity contribution in [2.24, 2.45) is 0 Å². The average molecular weight is 599 g/mol. The Morgan fingerprint density at radius 3 is 2.02 bits per heavy atom. The second-order valence-corrected chi connectivity index (χ2v) is 12.6. The highest BCUT2D eigenvalue weighted by atomic mass is 16.3. The second kappa shape index (κ2) is 9.12. The number of nitrogens with zero attached hydrogens (tertiary/aromatic N) is 1. The lowest BCUT2D eigenvalue weighted by Crippen LogP contribution is -1.93. The Balaban J connectivity index is 1.21. The predicted molar refractivity (Wildman–Crippen MR) is 198 cm³/mol. The van der Waals surface area contributed by atoms with Crippen LogP contribution in [0.1, 0.15) is 0 Å². The summed E-state index contributed by atoms with van der Waals surface area (Å²) in [5.74, 6) is 0. The highest BCUT2D eigenvalue weighted by Gasteiger charge is 2.20. The summed E-state index contributed by atoms with van der Waals surface area (Å²) in [6.07, 6.45) is 0. The summed E-state index contributed by atoms with van der Waals surface area (Å²) in [6, 6.07) is 54.7. The molecule has 0 saturated heterocycles. The molecule has 11 aromatic rings. The van der Waals surface area contributed by atoms with Crippen LogP contribution in [0.25, 0.3) is 104 Å². The molecule has 3 aromatic heterocycles. The lowest BCUT2D eigenvalue weighted by molar-refractivity contribution is 0.672. The largest absolute Gasteiger partial charge is 0.454 e. The van der Waals surface area contributed by atoms with Crippen molar-refractivity contribution in [1.29, 1.82) is 0 Å². The maximum absolute atomic E-state index is 6.69. The van der Waals surface area contributed by atoms with Gasteiger partial charge in [-0.3, -0.25) is 0 Å². The number of H-pyrrole nitrogens is 1. The predicted octanol–water partition coefficient (Wildman–Crippen LogP) is 12.3. The molecule has 0 unspecified atom stereocenters. The van der Waals surface area contributed by atoms with E-state index in [1.54, 1.807) is 0 Å². The van der Waals surface area contributed by atoms with E-state index >= 15 is 0 Å². The Morgan fingerprint density at radius 2 is 1.15 bits per heavy atom. The van der Waals surface area contributed by atoms with Crippen molar-refractivity contribution in [1.82, 2.24) is 9.55 Å². The molecule has 0 aliphatic carbocycles. The van der Waals surface area contributed by atoms with Crippen LogP contribution < -0.4 is 0 Å². The standard InChI is InChI=1S/C44H26N2O/c1-2-11-29(12-3-1)46-37-22-19-26-10-4-5-13-30(26)40(37)34-21-18-28(25-38(34)46)27-20-23-39-35(24-27)42-32-15-7-6-14-31(32)41-33-16-8-9-17-36(33)45-43(41)44(42)47-39/h1-25,45H. The minimum Gasteiger partial charge on any atom is -0.454 e. The molecular weight excluding hydrogens is 572 g/mol. The van der Waals surface area contributed by atoms with Gasteiger partial charge in [0.15, 0.2) is 5.58 Å². The molecule has 0 fully saturated rings. The fraction of sp³-hybridized carbons (Fsp3) is 0. The van der Waals surface area contributed by atoms with Gasteiger partial charge in [-0.05, 0) is 75.1 Å². The molecule has 0 bridgehead atoms. The molecule has 0 spiro atoms.